The molecule has 0 amide bonds. The monoisotopic (exact) mass is 456 g/mol. The van der Waals surface area contributed by atoms with Crippen LogP contribution in [0.15, 0.2) is 85.9 Å². The third kappa shape index (κ3) is 3.90. The predicted octanol–water partition coefficient (Wildman–Crippen LogP) is 5.98. The summed E-state index contributed by atoms with van der Waals surface area (Å²) in [6, 6.07) is 14.5. The normalized spacial score (nSPS) is 15.5. The summed E-state index contributed by atoms with van der Waals surface area (Å²) in [7, 11) is 1.42. The van der Waals surface area contributed by atoms with E-state index >= 15 is 0 Å². The Morgan fingerprint density at radius 2 is 1.94 bits per heavy atom. The quantitative estimate of drug-likeness (QED) is 0.320. The van der Waals surface area contributed by atoms with Crippen molar-refractivity contribution in [2.75, 3.05) is 20.2 Å². The van der Waals surface area contributed by atoms with Gasteiger partial charge in [-0.25, -0.2) is 0 Å². The molecule has 4 aromatic rings. The third-order valence-corrected chi connectivity index (χ3v) is 6.16. The summed E-state index contributed by atoms with van der Waals surface area (Å²) in [5.74, 6) is 0.237. The topological polar surface area (TPSA) is 52.4 Å². The highest BCUT2D eigenvalue weighted by Gasteiger charge is 2.27. The number of methoxy groups -OCH3 is 1. The minimum absolute atomic E-state index is 0.109. The van der Waals surface area contributed by atoms with Gasteiger partial charge in [0.1, 0.15) is 11.4 Å². The minimum Gasteiger partial charge on any atom is -0.494 e. The lowest BCUT2D eigenvalue weighted by atomic mass is 10.1. The van der Waals surface area contributed by atoms with Crippen LogP contribution in [0.2, 0.25) is 0 Å². The molecule has 0 spiro atoms. The highest BCUT2D eigenvalue weighted by atomic mass is 19.1. The van der Waals surface area contributed by atoms with E-state index in [1.54, 1.807) is 42.6 Å². The van der Waals surface area contributed by atoms with Crippen molar-refractivity contribution in [2.45, 2.75) is 12.5 Å². The van der Waals surface area contributed by atoms with Gasteiger partial charge in [-0.3, -0.25) is 9.67 Å². The zero-order valence-corrected chi connectivity index (χ0v) is 18.9. The first-order chi connectivity index (χ1) is 16.6. The average molecular weight is 457 g/mol. The number of pyridine rings is 1. The van der Waals surface area contributed by atoms with E-state index in [4.69, 9.17) is 14.6 Å². The van der Waals surface area contributed by atoms with E-state index in [-0.39, 0.29) is 17.5 Å². The molecule has 0 aliphatic carbocycles. The third-order valence-electron chi connectivity index (χ3n) is 6.16. The fourth-order valence-electron chi connectivity index (χ4n) is 4.34. The van der Waals surface area contributed by atoms with Gasteiger partial charge in [0.2, 0.25) is 5.82 Å². The van der Waals surface area contributed by atoms with Crippen molar-refractivity contribution in [2.24, 2.45) is 0 Å². The number of aromatic nitrogens is 3. The van der Waals surface area contributed by atoms with E-state index in [0.29, 0.717) is 5.75 Å². The maximum atomic E-state index is 14.4. The molecule has 0 saturated carbocycles. The van der Waals surface area contributed by atoms with Gasteiger partial charge in [0.05, 0.1) is 18.7 Å². The van der Waals surface area contributed by atoms with E-state index < -0.39 is 5.82 Å². The number of halogens is 1. The molecular formula is C27H25FN4O2. The Morgan fingerprint density at radius 3 is 2.71 bits per heavy atom. The van der Waals surface area contributed by atoms with Gasteiger partial charge in [0.15, 0.2) is 11.5 Å². The lowest BCUT2D eigenvalue weighted by molar-refractivity contribution is 0.368. The van der Waals surface area contributed by atoms with Gasteiger partial charge in [-0.2, -0.15) is 9.49 Å². The molecule has 5 rings (SSSR count). The van der Waals surface area contributed by atoms with Crippen LogP contribution in [-0.4, -0.2) is 39.9 Å². The molecule has 6 nitrogen and oxygen atoms in total. The van der Waals surface area contributed by atoms with Crippen LogP contribution in [0.1, 0.15) is 12.5 Å². The molecule has 7 heteroatoms. The zero-order chi connectivity index (χ0) is 23.7. The van der Waals surface area contributed by atoms with Crippen LogP contribution in [0, 0.1) is 5.82 Å². The van der Waals surface area contributed by atoms with Crippen LogP contribution in [0.3, 0.4) is 0 Å². The smallest absolute Gasteiger partial charge is 0.207 e. The maximum absolute atomic E-state index is 14.4. The van der Waals surface area contributed by atoms with E-state index in [0.717, 1.165) is 47.4 Å². The van der Waals surface area contributed by atoms with Crippen molar-refractivity contribution >= 4 is 10.9 Å². The molecule has 1 saturated heterocycles. The van der Waals surface area contributed by atoms with Crippen LogP contribution in [-0.2, 0) is 0 Å². The molecule has 172 valence electrons. The van der Waals surface area contributed by atoms with E-state index in [1.807, 2.05) is 24.4 Å². The molecule has 1 aliphatic heterocycles. The van der Waals surface area contributed by atoms with Gasteiger partial charge in [-0.1, -0.05) is 19.2 Å². The number of hydrogen-bond donors (Lipinski definition) is 0. The first kappa shape index (κ1) is 21.7. The highest BCUT2D eigenvalue weighted by molar-refractivity contribution is 5.92. The summed E-state index contributed by atoms with van der Waals surface area (Å²) < 4.78 is 27.3. The second-order valence-electron chi connectivity index (χ2n) is 8.17. The number of likely N-dealkylation sites (tertiary alicyclic amines) is 1. The summed E-state index contributed by atoms with van der Waals surface area (Å²) in [5, 5.41) is 5.97. The molecule has 1 atom stereocenters. The molecular weight excluding hydrogens is 431 g/mol. The van der Waals surface area contributed by atoms with Gasteiger partial charge in [0, 0.05) is 42.1 Å². The molecule has 1 fully saturated rings. The van der Waals surface area contributed by atoms with E-state index in [2.05, 4.69) is 27.7 Å². The van der Waals surface area contributed by atoms with Gasteiger partial charge in [-0.15, -0.1) is 0 Å². The lowest BCUT2D eigenvalue weighted by Gasteiger charge is -2.18. The van der Waals surface area contributed by atoms with E-state index in [1.165, 1.54) is 7.11 Å². The predicted molar refractivity (Wildman–Crippen MR) is 131 cm³/mol. The number of ether oxygens (including phenoxy) is 2. The van der Waals surface area contributed by atoms with Gasteiger partial charge >= 0.3 is 0 Å². The molecule has 1 aliphatic rings. The van der Waals surface area contributed by atoms with Crippen LogP contribution in [0.4, 0.5) is 4.39 Å². The molecule has 3 heterocycles. The van der Waals surface area contributed by atoms with Crippen LogP contribution < -0.4 is 9.47 Å². The summed E-state index contributed by atoms with van der Waals surface area (Å²) in [6.45, 7) is 9.67. The van der Waals surface area contributed by atoms with Crippen LogP contribution in [0.5, 0.6) is 17.2 Å². The Balaban J connectivity index is 1.44. The van der Waals surface area contributed by atoms with Gasteiger partial charge in [-0.05, 0) is 55.0 Å². The summed E-state index contributed by atoms with van der Waals surface area (Å²) >= 11 is 0. The average Bonchev–Trinajstić information content (AvgIpc) is 3.51. The number of rotatable bonds is 7. The number of fused-ring (bicyclic) bond motifs is 1. The fraction of sp³-hybridized carbons (Fsp3) is 0.185. The van der Waals surface area contributed by atoms with E-state index in [9.17, 15) is 4.39 Å². The second kappa shape index (κ2) is 9.02. The maximum Gasteiger partial charge on any atom is 0.207 e. The van der Waals surface area contributed by atoms with Crippen LogP contribution >= 0.6 is 0 Å². The van der Waals surface area contributed by atoms with Crippen molar-refractivity contribution in [3.8, 4) is 28.5 Å². The first-order valence-corrected chi connectivity index (χ1v) is 11.1. The lowest BCUT2D eigenvalue weighted by Crippen LogP contribution is -2.20. The SMILES string of the molecule is C=CC(=C)N1CC[C@H](n2nc(-c3ccc(Oc4cccc(OC)c4F)cc3)c3cnccc32)C1. The second-order valence-corrected chi connectivity index (χ2v) is 8.17. The molecule has 0 N–H and O–H groups in total. The number of allylic oxidation sites excluding steroid dienone is 1. The first-order valence-electron chi connectivity index (χ1n) is 11.1. The number of benzene rings is 2. The Kier molecular flexibility index (Phi) is 5.76. The van der Waals surface area contributed by atoms with Crippen LogP contribution in [0.25, 0.3) is 22.2 Å². The number of hydrogen-bond acceptors (Lipinski definition) is 5. The van der Waals surface area contributed by atoms with Crippen molar-refractivity contribution < 1.29 is 13.9 Å². The summed E-state index contributed by atoms with van der Waals surface area (Å²) in [6.07, 6.45) is 6.41. The van der Waals surface area contributed by atoms with Gasteiger partial charge in [0.25, 0.3) is 0 Å². The zero-order valence-electron chi connectivity index (χ0n) is 18.9. The number of nitrogens with zero attached hydrogens (tertiary/aromatic N) is 4. The van der Waals surface area contributed by atoms with Gasteiger partial charge < -0.3 is 14.4 Å². The molecule has 0 bridgehead atoms. The largest absolute Gasteiger partial charge is 0.494 e. The van der Waals surface area contributed by atoms with Crippen molar-refractivity contribution in [3.63, 3.8) is 0 Å². The molecule has 0 unspecified atom stereocenters. The Bertz CT molecular complexity index is 1360. The molecule has 2 aromatic heterocycles. The Labute approximate surface area is 197 Å². The van der Waals surface area contributed by atoms with Crippen molar-refractivity contribution in [3.05, 3.63) is 91.7 Å². The summed E-state index contributed by atoms with van der Waals surface area (Å²) in [4.78, 5) is 6.56. The van der Waals surface area contributed by atoms with Crippen molar-refractivity contribution in [1.29, 1.82) is 0 Å². The molecule has 34 heavy (non-hydrogen) atoms. The fourth-order valence-corrected chi connectivity index (χ4v) is 4.34. The standard InChI is InChI=1S/C27H25FN4O2/c1-4-18(2)31-15-13-20(17-31)32-23-12-14-29-16-22(23)27(30-32)19-8-10-21(11-9-19)34-25-7-5-6-24(33-3)26(25)28/h4-12,14,16,20H,1-2,13,15,17H2,3H3/t20-/m0/s1. The Hall–Kier alpha value is -4.13. The van der Waals surface area contributed by atoms with Crippen molar-refractivity contribution in [1.82, 2.24) is 19.7 Å². The Morgan fingerprint density at radius 1 is 1.15 bits per heavy atom. The summed E-state index contributed by atoms with van der Waals surface area (Å²) in [5.41, 5.74) is 3.76. The molecule has 2 aromatic carbocycles. The highest BCUT2D eigenvalue weighted by Crippen LogP contribution is 2.35. The molecule has 0 radical (unpaired) electrons. The minimum atomic E-state index is -0.533.